The number of carbonyl (C=O) groups excluding carboxylic acids is 1. The number of nitrogens with zero attached hydrogens (tertiary/aromatic N) is 1. The van der Waals surface area contributed by atoms with Crippen molar-refractivity contribution < 1.29 is 18.0 Å². The van der Waals surface area contributed by atoms with Gasteiger partial charge in [-0.25, -0.2) is 13.2 Å². The first-order valence-corrected chi connectivity index (χ1v) is 7.73. The van der Waals surface area contributed by atoms with Crippen molar-refractivity contribution in [2.45, 2.75) is 26.7 Å². The molecule has 0 fully saturated rings. The summed E-state index contributed by atoms with van der Waals surface area (Å²) < 4.78 is 39.4. The van der Waals surface area contributed by atoms with Crippen molar-refractivity contribution in [3.05, 3.63) is 29.6 Å². The largest absolute Gasteiger partial charge is 0.356 e. The van der Waals surface area contributed by atoms with Crippen LogP contribution in [-0.2, 0) is 4.79 Å². The van der Waals surface area contributed by atoms with E-state index in [9.17, 15) is 18.0 Å². The topological polar surface area (TPSA) is 65.5 Å². The third kappa shape index (κ3) is 8.41. The molecule has 1 rings (SSSR count). The van der Waals surface area contributed by atoms with Crippen LogP contribution in [0, 0.1) is 23.4 Å². The fraction of sp³-hybridized carbons (Fsp3) is 0.500. The number of aliphatic imine (C=N–C) groups is 1. The van der Waals surface area contributed by atoms with E-state index in [0.717, 1.165) is 25.0 Å². The average Bonchev–Trinajstić information content (AvgIpc) is 2.54. The number of guanidine groups is 1. The summed E-state index contributed by atoms with van der Waals surface area (Å²) in [6.45, 7) is 4.78. The van der Waals surface area contributed by atoms with Gasteiger partial charge in [-0.05, 0) is 30.9 Å². The zero-order chi connectivity index (χ0) is 18.1. The molecule has 0 radical (unpaired) electrons. The molecule has 0 aromatic heterocycles. The molecule has 1 aromatic carbocycles. The third-order valence-corrected chi connectivity index (χ3v) is 3.20. The fourth-order valence-corrected chi connectivity index (χ4v) is 1.92. The number of carbonyl (C=O) groups is 1. The van der Waals surface area contributed by atoms with Crippen molar-refractivity contribution >= 4 is 41.5 Å². The highest BCUT2D eigenvalue weighted by molar-refractivity contribution is 14.0. The molecule has 142 valence electrons. The molecule has 1 amide bonds. The summed E-state index contributed by atoms with van der Waals surface area (Å²) in [6.07, 6.45) is 2.03. The second kappa shape index (κ2) is 11.9. The third-order valence-electron chi connectivity index (χ3n) is 3.20. The van der Waals surface area contributed by atoms with E-state index in [2.05, 4.69) is 34.8 Å². The maximum Gasteiger partial charge on any atom is 0.243 e. The Morgan fingerprint density at radius 1 is 1.16 bits per heavy atom. The van der Waals surface area contributed by atoms with E-state index < -0.39 is 29.0 Å². The van der Waals surface area contributed by atoms with Crippen molar-refractivity contribution in [1.82, 2.24) is 10.6 Å². The number of nitrogens with one attached hydrogen (secondary N) is 3. The predicted octanol–water partition coefficient (Wildman–Crippen LogP) is 3.26. The van der Waals surface area contributed by atoms with Crippen LogP contribution in [-0.4, -0.2) is 32.0 Å². The van der Waals surface area contributed by atoms with E-state index in [1.54, 1.807) is 7.05 Å². The lowest BCUT2D eigenvalue weighted by Gasteiger charge is -2.13. The number of benzene rings is 1. The second-order valence-electron chi connectivity index (χ2n) is 5.66. The van der Waals surface area contributed by atoms with Gasteiger partial charge in [-0.15, -0.1) is 24.0 Å². The zero-order valence-electron chi connectivity index (χ0n) is 14.5. The maximum atomic E-state index is 13.5. The van der Waals surface area contributed by atoms with Crippen molar-refractivity contribution in [2.24, 2.45) is 10.9 Å². The van der Waals surface area contributed by atoms with Gasteiger partial charge in [0.2, 0.25) is 5.91 Å². The molecule has 9 heteroatoms. The Hall–Kier alpha value is -1.52. The van der Waals surface area contributed by atoms with Gasteiger partial charge in [-0.3, -0.25) is 9.79 Å². The second-order valence-corrected chi connectivity index (χ2v) is 5.66. The molecule has 1 aromatic rings. The standard InChI is InChI=1S/C16H23F3N4O.HI/c1-10(2)5-4-8-21-16(20-3)22-9-13(24)23-12-7-6-11(17)14(18)15(12)19;/h6-7,10H,4-5,8-9H2,1-3H3,(H,23,24)(H2,20,21,22);1H. The molecule has 0 aliphatic carbocycles. The monoisotopic (exact) mass is 472 g/mol. The first-order valence-electron chi connectivity index (χ1n) is 7.73. The van der Waals surface area contributed by atoms with Crippen molar-refractivity contribution in [1.29, 1.82) is 0 Å². The highest BCUT2D eigenvalue weighted by atomic mass is 127. The molecule has 0 saturated carbocycles. The van der Waals surface area contributed by atoms with E-state index in [-0.39, 0.29) is 30.5 Å². The minimum absolute atomic E-state index is 0. The van der Waals surface area contributed by atoms with Gasteiger partial charge < -0.3 is 16.0 Å². The zero-order valence-corrected chi connectivity index (χ0v) is 16.8. The van der Waals surface area contributed by atoms with Gasteiger partial charge in [-0.2, -0.15) is 0 Å². The van der Waals surface area contributed by atoms with Crippen LogP contribution in [0.3, 0.4) is 0 Å². The lowest BCUT2D eigenvalue weighted by atomic mass is 10.1. The first kappa shape index (κ1) is 23.5. The van der Waals surface area contributed by atoms with Gasteiger partial charge >= 0.3 is 0 Å². The Bertz CT molecular complexity index is 597. The number of rotatable bonds is 7. The SMILES string of the molecule is CN=C(NCCCC(C)C)NCC(=O)Nc1ccc(F)c(F)c1F.I. The van der Waals surface area contributed by atoms with Crippen LogP contribution >= 0.6 is 24.0 Å². The Labute approximate surface area is 162 Å². The van der Waals surface area contributed by atoms with Crippen LogP contribution in [0.5, 0.6) is 0 Å². The molecule has 0 aliphatic rings. The van der Waals surface area contributed by atoms with E-state index >= 15 is 0 Å². The summed E-state index contributed by atoms with van der Waals surface area (Å²) in [4.78, 5) is 15.7. The Balaban J connectivity index is 0.00000576. The van der Waals surface area contributed by atoms with Crippen LogP contribution in [0.4, 0.5) is 18.9 Å². The van der Waals surface area contributed by atoms with Crippen LogP contribution < -0.4 is 16.0 Å². The summed E-state index contributed by atoms with van der Waals surface area (Å²) in [6, 6.07) is 1.71. The van der Waals surface area contributed by atoms with E-state index in [1.165, 1.54) is 0 Å². The molecule has 0 spiro atoms. The molecular formula is C16H24F3IN4O. The van der Waals surface area contributed by atoms with Gasteiger partial charge in [0.1, 0.15) is 0 Å². The maximum absolute atomic E-state index is 13.5. The molecule has 0 atom stereocenters. The fourth-order valence-electron chi connectivity index (χ4n) is 1.92. The smallest absolute Gasteiger partial charge is 0.243 e. The number of hydrogen-bond acceptors (Lipinski definition) is 2. The lowest BCUT2D eigenvalue weighted by Crippen LogP contribution is -2.41. The van der Waals surface area contributed by atoms with Crippen LogP contribution in [0.25, 0.3) is 0 Å². The van der Waals surface area contributed by atoms with E-state index in [1.807, 2.05) is 0 Å². The Morgan fingerprint density at radius 3 is 2.44 bits per heavy atom. The number of halogens is 4. The molecule has 0 unspecified atom stereocenters. The molecule has 0 saturated heterocycles. The average molecular weight is 472 g/mol. The normalized spacial score (nSPS) is 11.1. The van der Waals surface area contributed by atoms with Crippen LogP contribution in [0.2, 0.25) is 0 Å². The predicted molar refractivity (Wildman–Crippen MR) is 104 cm³/mol. The van der Waals surface area contributed by atoms with Crippen LogP contribution in [0.15, 0.2) is 17.1 Å². The Morgan fingerprint density at radius 2 is 1.84 bits per heavy atom. The molecular weight excluding hydrogens is 448 g/mol. The number of amides is 1. The highest BCUT2D eigenvalue weighted by Gasteiger charge is 2.15. The molecule has 0 heterocycles. The van der Waals surface area contributed by atoms with Crippen molar-refractivity contribution in [3.63, 3.8) is 0 Å². The van der Waals surface area contributed by atoms with E-state index in [4.69, 9.17) is 0 Å². The van der Waals surface area contributed by atoms with Gasteiger partial charge in [0.25, 0.3) is 0 Å². The first-order chi connectivity index (χ1) is 11.3. The molecule has 5 nitrogen and oxygen atoms in total. The minimum atomic E-state index is -1.62. The number of anilines is 1. The van der Waals surface area contributed by atoms with Crippen LogP contribution in [0.1, 0.15) is 26.7 Å². The Kier molecular flexibility index (Phi) is 11.2. The quantitative estimate of drug-likeness (QED) is 0.188. The number of hydrogen-bond donors (Lipinski definition) is 3. The molecule has 0 aliphatic heterocycles. The highest BCUT2D eigenvalue weighted by Crippen LogP contribution is 2.19. The lowest BCUT2D eigenvalue weighted by molar-refractivity contribution is -0.115. The van der Waals surface area contributed by atoms with Gasteiger partial charge in [0, 0.05) is 13.6 Å². The molecule has 0 bridgehead atoms. The minimum Gasteiger partial charge on any atom is -0.356 e. The van der Waals surface area contributed by atoms with Gasteiger partial charge in [0.15, 0.2) is 23.4 Å². The summed E-state index contributed by atoms with van der Waals surface area (Å²) in [5.74, 6) is -3.93. The van der Waals surface area contributed by atoms with E-state index in [0.29, 0.717) is 18.4 Å². The van der Waals surface area contributed by atoms with Crippen molar-refractivity contribution in [2.75, 3.05) is 25.5 Å². The summed E-state index contributed by atoms with van der Waals surface area (Å²) >= 11 is 0. The summed E-state index contributed by atoms with van der Waals surface area (Å²) in [7, 11) is 1.56. The van der Waals surface area contributed by atoms with Gasteiger partial charge in [0.05, 0.1) is 12.2 Å². The summed E-state index contributed by atoms with van der Waals surface area (Å²) in [5.41, 5.74) is -0.416. The van der Waals surface area contributed by atoms with Crippen molar-refractivity contribution in [3.8, 4) is 0 Å². The van der Waals surface area contributed by atoms with Gasteiger partial charge in [-0.1, -0.05) is 13.8 Å². The summed E-state index contributed by atoms with van der Waals surface area (Å²) in [5, 5.41) is 7.98. The molecule has 25 heavy (non-hydrogen) atoms. The molecule has 3 N–H and O–H groups in total.